The van der Waals surface area contributed by atoms with E-state index in [9.17, 15) is 38.4 Å². The molecular formula is C42H62N12O9. The Hall–Kier alpha value is -7.16. The first kappa shape index (κ1) is 52.0. The maximum Gasteiger partial charge on any atom is 0.286 e. The minimum atomic E-state index is -0.428. The lowest BCUT2D eigenvalue weighted by Gasteiger charge is -2.05. The van der Waals surface area contributed by atoms with Crippen molar-refractivity contribution in [1.29, 1.82) is 0 Å². The van der Waals surface area contributed by atoms with Gasteiger partial charge in [0.1, 0.15) is 22.8 Å². The maximum absolute atomic E-state index is 12.4. The zero-order chi connectivity index (χ0) is 46.6. The lowest BCUT2D eigenvalue weighted by Crippen LogP contribution is -2.40. The number of aromatic amines is 4. The van der Waals surface area contributed by atoms with E-state index < -0.39 is 23.6 Å². The molecule has 0 bridgehead atoms. The Balaban J connectivity index is 0.000000427. The van der Waals surface area contributed by atoms with Crippen molar-refractivity contribution in [2.24, 2.45) is 0 Å². The summed E-state index contributed by atoms with van der Waals surface area (Å²) in [5, 5.41) is 0. The van der Waals surface area contributed by atoms with Gasteiger partial charge in [-0.05, 0) is 97.9 Å². The Morgan fingerprint density at radius 2 is 0.524 bits per heavy atom. The first-order valence-corrected chi connectivity index (χ1v) is 20.3. The third-order valence-electron chi connectivity index (χ3n) is 10.3. The third kappa shape index (κ3) is 12.9. The van der Waals surface area contributed by atoms with Crippen molar-refractivity contribution in [3.8, 4) is 0 Å². The summed E-state index contributed by atoms with van der Waals surface area (Å²) >= 11 is 0. The molecule has 0 fully saturated rings. The van der Waals surface area contributed by atoms with Crippen LogP contribution in [0.2, 0.25) is 0 Å². The highest BCUT2D eigenvalue weighted by Gasteiger charge is 2.25. The Morgan fingerprint density at radius 1 is 0.349 bits per heavy atom. The molecule has 8 amide bonds. The van der Waals surface area contributed by atoms with E-state index in [1.807, 2.05) is 55.4 Å². The number of H-pyrrole nitrogens is 4. The van der Waals surface area contributed by atoms with Gasteiger partial charge in [-0.1, -0.05) is 27.7 Å². The van der Waals surface area contributed by atoms with Crippen molar-refractivity contribution in [3.63, 3.8) is 0 Å². The SMILES string of the molecule is CCc1c(Cc2[nH]c(C(=O)NNC(C)=O)c(C)c2CC)[nH]c(C(=O)NNC(C)=O)c1C.CCc1c(Cc2[nH]c(C(=O)NNC(C)=O)c(C)c2CC)[nH]c(C(=O)NNC(C)=O)c1C.O. The summed E-state index contributed by atoms with van der Waals surface area (Å²) in [6.07, 6.45) is 3.78. The van der Waals surface area contributed by atoms with Gasteiger partial charge in [-0.2, -0.15) is 0 Å². The molecule has 4 aromatic heterocycles. The Morgan fingerprint density at radius 3 is 0.667 bits per heavy atom. The van der Waals surface area contributed by atoms with Crippen molar-refractivity contribution < 1.29 is 43.8 Å². The zero-order valence-electron chi connectivity index (χ0n) is 38.0. The molecule has 14 N–H and O–H groups in total. The van der Waals surface area contributed by atoms with Gasteiger partial charge >= 0.3 is 0 Å². The van der Waals surface area contributed by atoms with Gasteiger partial charge in [-0.25, -0.2) is 0 Å². The second-order valence-corrected chi connectivity index (χ2v) is 14.6. The average molecular weight is 879 g/mol. The van der Waals surface area contributed by atoms with Gasteiger partial charge in [-0.3, -0.25) is 81.8 Å². The largest absolute Gasteiger partial charge is 0.412 e. The molecule has 0 aromatic carbocycles. The van der Waals surface area contributed by atoms with Crippen LogP contribution >= 0.6 is 0 Å². The van der Waals surface area contributed by atoms with Gasteiger partial charge in [0.2, 0.25) is 23.6 Å². The van der Waals surface area contributed by atoms with E-state index >= 15 is 0 Å². The van der Waals surface area contributed by atoms with E-state index in [0.717, 1.165) is 67.3 Å². The van der Waals surface area contributed by atoms with Crippen LogP contribution in [0.25, 0.3) is 0 Å². The van der Waals surface area contributed by atoms with E-state index in [2.05, 4.69) is 63.3 Å². The number of aromatic nitrogens is 4. The summed E-state index contributed by atoms with van der Waals surface area (Å²) in [7, 11) is 0. The van der Waals surface area contributed by atoms with E-state index in [1.54, 1.807) is 0 Å². The summed E-state index contributed by atoms with van der Waals surface area (Å²) in [5.41, 5.74) is 30.9. The Kier molecular flexibility index (Phi) is 19.1. The molecule has 0 aliphatic heterocycles. The highest BCUT2D eigenvalue weighted by molar-refractivity contribution is 5.97. The number of hydrazine groups is 4. The monoisotopic (exact) mass is 878 g/mol. The third-order valence-corrected chi connectivity index (χ3v) is 10.3. The van der Waals surface area contributed by atoms with Crippen molar-refractivity contribution in [2.45, 2.75) is 122 Å². The number of carbonyl (C=O) groups is 8. The molecular weight excluding hydrogens is 817 g/mol. The normalized spacial score (nSPS) is 10.3. The fraction of sp³-hybridized carbons (Fsp3) is 0.429. The van der Waals surface area contributed by atoms with E-state index in [4.69, 9.17) is 0 Å². The average Bonchev–Trinajstić information content (AvgIpc) is 3.92. The van der Waals surface area contributed by atoms with Gasteiger partial charge in [0.25, 0.3) is 23.6 Å². The van der Waals surface area contributed by atoms with Gasteiger partial charge in [0.15, 0.2) is 0 Å². The molecule has 0 spiro atoms. The van der Waals surface area contributed by atoms with Gasteiger partial charge in [-0.15, -0.1) is 0 Å². The molecule has 4 aromatic rings. The van der Waals surface area contributed by atoms with Crippen LogP contribution in [0.5, 0.6) is 0 Å². The van der Waals surface area contributed by atoms with Gasteiger partial charge in [0.05, 0.1) is 0 Å². The number of amides is 8. The van der Waals surface area contributed by atoms with Crippen molar-refractivity contribution >= 4 is 47.3 Å². The standard InChI is InChI=1S/2C21H30N6O4.H2O/c2*1-7-14-10(3)18(20(30)26-24-12(5)28)22-16(14)9-17-15(8-2)11(4)19(23-17)21(31)27-25-13(6)29;/h2*22-23H,7-9H2,1-6H3,(H,24,28)(H,25,29)(H,26,30)(H,27,31);1H2. The molecule has 4 rings (SSSR count). The van der Waals surface area contributed by atoms with Gasteiger partial charge in [0, 0.05) is 63.3 Å². The molecule has 0 unspecified atom stereocenters. The molecule has 0 radical (unpaired) electrons. The first-order valence-electron chi connectivity index (χ1n) is 20.3. The molecule has 21 heteroatoms. The molecule has 21 nitrogen and oxygen atoms in total. The molecule has 0 aliphatic rings. The van der Waals surface area contributed by atoms with Crippen LogP contribution < -0.4 is 43.4 Å². The molecule has 0 saturated carbocycles. The number of nitrogens with one attached hydrogen (secondary N) is 12. The summed E-state index contributed by atoms with van der Waals surface area (Å²) in [6.45, 7) is 20.7. The number of rotatable bonds is 12. The van der Waals surface area contributed by atoms with Crippen LogP contribution in [-0.2, 0) is 57.7 Å². The minimum Gasteiger partial charge on any atom is -0.412 e. The van der Waals surface area contributed by atoms with Crippen LogP contribution in [0.1, 0.15) is 165 Å². The maximum atomic E-state index is 12.4. The predicted octanol–water partition coefficient (Wildman–Crippen LogP) is 1.65. The summed E-state index contributed by atoms with van der Waals surface area (Å²) in [5.74, 6) is -3.18. The zero-order valence-corrected chi connectivity index (χ0v) is 38.0. The van der Waals surface area contributed by atoms with E-state index in [0.29, 0.717) is 61.3 Å². The lowest BCUT2D eigenvalue weighted by molar-refractivity contribution is -0.120. The summed E-state index contributed by atoms with van der Waals surface area (Å²) in [4.78, 5) is 107. The van der Waals surface area contributed by atoms with Crippen LogP contribution in [0.15, 0.2) is 0 Å². The molecule has 0 saturated heterocycles. The highest BCUT2D eigenvalue weighted by atomic mass is 16.2. The molecule has 344 valence electrons. The second kappa shape index (κ2) is 23.2. The predicted molar refractivity (Wildman–Crippen MR) is 234 cm³/mol. The van der Waals surface area contributed by atoms with Crippen LogP contribution in [0, 0.1) is 27.7 Å². The fourth-order valence-corrected chi connectivity index (χ4v) is 7.40. The topological polar surface area (TPSA) is 327 Å². The minimum absolute atomic E-state index is 0. The number of hydrogen-bond acceptors (Lipinski definition) is 8. The van der Waals surface area contributed by atoms with Crippen molar-refractivity contribution in [2.75, 3.05) is 0 Å². The van der Waals surface area contributed by atoms with E-state index in [-0.39, 0.29) is 29.1 Å². The van der Waals surface area contributed by atoms with Gasteiger partial charge < -0.3 is 25.4 Å². The first-order chi connectivity index (χ1) is 29.2. The Bertz CT molecular complexity index is 2040. The molecule has 0 aliphatic carbocycles. The summed E-state index contributed by atoms with van der Waals surface area (Å²) in [6, 6.07) is 0. The quantitative estimate of drug-likeness (QED) is 0.0927. The van der Waals surface area contributed by atoms with Crippen molar-refractivity contribution in [1.82, 2.24) is 63.3 Å². The molecule has 63 heavy (non-hydrogen) atoms. The lowest BCUT2D eigenvalue weighted by atomic mass is 10.0. The second-order valence-electron chi connectivity index (χ2n) is 14.6. The van der Waals surface area contributed by atoms with Crippen molar-refractivity contribution in [3.05, 3.63) is 90.1 Å². The van der Waals surface area contributed by atoms with Crippen LogP contribution in [0.3, 0.4) is 0 Å². The smallest absolute Gasteiger partial charge is 0.286 e. The number of carbonyl (C=O) groups excluding carboxylic acids is 8. The molecule has 0 atom stereocenters. The highest BCUT2D eigenvalue weighted by Crippen LogP contribution is 2.28. The van der Waals surface area contributed by atoms with Crippen LogP contribution in [-0.4, -0.2) is 72.7 Å². The fourth-order valence-electron chi connectivity index (χ4n) is 7.40. The summed E-state index contributed by atoms with van der Waals surface area (Å²) < 4.78 is 0. The van der Waals surface area contributed by atoms with E-state index in [1.165, 1.54) is 27.7 Å². The number of hydrogen-bond donors (Lipinski definition) is 12. The van der Waals surface area contributed by atoms with Crippen LogP contribution in [0.4, 0.5) is 0 Å². The molecule has 4 heterocycles. The Labute approximate surface area is 365 Å².